The Morgan fingerprint density at radius 2 is 2.00 bits per heavy atom. The van der Waals surface area contributed by atoms with Gasteiger partial charge in [0.15, 0.2) is 0 Å². The van der Waals surface area contributed by atoms with E-state index in [0.29, 0.717) is 6.42 Å². The number of amides is 1. The van der Waals surface area contributed by atoms with Crippen LogP contribution in [0.25, 0.3) is 11.6 Å². The number of carbonyl (C=O) groups is 1. The van der Waals surface area contributed by atoms with Gasteiger partial charge in [0.25, 0.3) is 0 Å². The number of hydrogen-bond donors (Lipinski definition) is 1. The van der Waals surface area contributed by atoms with Crippen LogP contribution in [0.1, 0.15) is 42.9 Å². The molecule has 1 aliphatic carbocycles. The summed E-state index contributed by atoms with van der Waals surface area (Å²) in [6, 6.07) is 14.6. The van der Waals surface area contributed by atoms with E-state index in [1.165, 1.54) is 23.1 Å². The molecule has 1 atom stereocenters. The van der Waals surface area contributed by atoms with Gasteiger partial charge in [0, 0.05) is 5.56 Å². The Kier molecular flexibility index (Phi) is 3.85. The van der Waals surface area contributed by atoms with Crippen molar-refractivity contribution >= 4 is 23.2 Å². The average Bonchev–Trinajstić information content (AvgIpc) is 2.72. The Morgan fingerprint density at radius 1 is 1.12 bits per heavy atom. The molecule has 3 heteroatoms. The number of aryl methyl sites for hydroxylation is 1. The van der Waals surface area contributed by atoms with E-state index in [2.05, 4.69) is 41.7 Å². The molecule has 3 nitrogen and oxygen atoms in total. The SMILES string of the molecule is CC1CC(=O)Nc2cccc(C=C3CCCc4ccccc43)c2O1. The lowest BCUT2D eigenvalue weighted by Gasteiger charge is -2.20. The average molecular weight is 319 g/mol. The van der Waals surface area contributed by atoms with E-state index < -0.39 is 0 Å². The Hall–Kier alpha value is -2.55. The molecule has 2 aliphatic rings. The molecule has 0 fully saturated rings. The quantitative estimate of drug-likeness (QED) is 0.829. The number of benzene rings is 2. The Labute approximate surface area is 142 Å². The van der Waals surface area contributed by atoms with Gasteiger partial charge >= 0.3 is 0 Å². The molecule has 4 rings (SSSR count). The Morgan fingerprint density at radius 3 is 2.92 bits per heavy atom. The Balaban J connectivity index is 1.79. The number of rotatable bonds is 1. The van der Waals surface area contributed by atoms with Gasteiger partial charge in [-0.3, -0.25) is 4.79 Å². The van der Waals surface area contributed by atoms with Crippen molar-refractivity contribution in [3.63, 3.8) is 0 Å². The summed E-state index contributed by atoms with van der Waals surface area (Å²) in [5, 5.41) is 2.96. The van der Waals surface area contributed by atoms with E-state index in [0.717, 1.165) is 29.8 Å². The molecule has 0 bridgehead atoms. The van der Waals surface area contributed by atoms with Crippen molar-refractivity contribution in [3.05, 3.63) is 59.2 Å². The third kappa shape index (κ3) is 2.82. The molecule has 1 N–H and O–H groups in total. The number of para-hydroxylation sites is 1. The highest BCUT2D eigenvalue weighted by molar-refractivity contribution is 5.95. The molecule has 0 aromatic heterocycles. The van der Waals surface area contributed by atoms with Crippen molar-refractivity contribution in [2.75, 3.05) is 5.32 Å². The van der Waals surface area contributed by atoms with Gasteiger partial charge in [-0.2, -0.15) is 0 Å². The highest BCUT2D eigenvalue weighted by Gasteiger charge is 2.22. The van der Waals surface area contributed by atoms with Crippen LogP contribution in [0.4, 0.5) is 5.69 Å². The van der Waals surface area contributed by atoms with E-state index in [1.807, 2.05) is 19.1 Å². The Bertz CT molecular complexity index is 822. The van der Waals surface area contributed by atoms with Gasteiger partial charge in [0.2, 0.25) is 5.91 Å². The van der Waals surface area contributed by atoms with Crippen LogP contribution in [0, 0.1) is 0 Å². The molecular weight excluding hydrogens is 298 g/mol. The second kappa shape index (κ2) is 6.16. The third-order valence-corrected chi connectivity index (χ3v) is 4.70. The van der Waals surface area contributed by atoms with Gasteiger partial charge in [0.1, 0.15) is 11.9 Å². The summed E-state index contributed by atoms with van der Waals surface area (Å²) >= 11 is 0. The predicted molar refractivity (Wildman–Crippen MR) is 97.0 cm³/mol. The van der Waals surface area contributed by atoms with Gasteiger partial charge in [0.05, 0.1) is 12.1 Å². The van der Waals surface area contributed by atoms with Gasteiger partial charge < -0.3 is 10.1 Å². The second-order valence-electron chi connectivity index (χ2n) is 6.58. The number of fused-ring (bicyclic) bond motifs is 2. The first-order valence-corrected chi connectivity index (χ1v) is 8.59. The largest absolute Gasteiger partial charge is 0.487 e. The van der Waals surface area contributed by atoms with Crippen molar-refractivity contribution in [3.8, 4) is 5.75 Å². The standard InChI is InChI=1S/C21H21NO2/c1-14-12-20(23)22-19-11-5-9-17(21(19)24-14)13-16-8-4-7-15-6-2-3-10-18(15)16/h2-3,5-6,9-11,13-14H,4,7-8,12H2,1H3,(H,22,23). The fourth-order valence-electron chi connectivity index (χ4n) is 3.60. The molecule has 1 unspecified atom stereocenters. The fraction of sp³-hybridized carbons (Fsp3) is 0.286. The smallest absolute Gasteiger partial charge is 0.228 e. The van der Waals surface area contributed by atoms with Gasteiger partial charge in [-0.1, -0.05) is 36.4 Å². The van der Waals surface area contributed by atoms with Crippen LogP contribution in [-0.4, -0.2) is 12.0 Å². The summed E-state index contributed by atoms with van der Waals surface area (Å²) in [6.07, 6.45) is 5.87. The monoisotopic (exact) mass is 319 g/mol. The van der Waals surface area contributed by atoms with Crippen molar-refractivity contribution < 1.29 is 9.53 Å². The number of hydrogen-bond acceptors (Lipinski definition) is 2. The summed E-state index contributed by atoms with van der Waals surface area (Å²) in [4.78, 5) is 11.9. The van der Waals surface area contributed by atoms with Gasteiger partial charge in [-0.05, 0) is 55.0 Å². The molecule has 1 amide bonds. The minimum atomic E-state index is -0.121. The number of allylic oxidation sites excluding steroid dienone is 1. The van der Waals surface area contributed by atoms with Crippen LogP contribution in [0.2, 0.25) is 0 Å². The molecule has 2 aromatic carbocycles. The van der Waals surface area contributed by atoms with E-state index >= 15 is 0 Å². The maximum absolute atomic E-state index is 11.9. The molecule has 0 saturated heterocycles. The second-order valence-corrected chi connectivity index (χ2v) is 6.58. The number of carbonyl (C=O) groups excluding carboxylic acids is 1. The van der Waals surface area contributed by atoms with Gasteiger partial charge in [-0.15, -0.1) is 0 Å². The third-order valence-electron chi connectivity index (χ3n) is 4.70. The fourth-order valence-corrected chi connectivity index (χ4v) is 3.60. The number of anilines is 1. The maximum Gasteiger partial charge on any atom is 0.228 e. The molecule has 1 aliphatic heterocycles. The normalized spacial score (nSPS) is 21.3. The molecular formula is C21H21NO2. The van der Waals surface area contributed by atoms with Crippen LogP contribution < -0.4 is 10.1 Å². The lowest BCUT2D eigenvalue weighted by Crippen LogP contribution is -2.17. The maximum atomic E-state index is 11.9. The van der Waals surface area contributed by atoms with Crippen molar-refractivity contribution in [1.82, 2.24) is 0 Å². The molecule has 2 aromatic rings. The first-order chi connectivity index (χ1) is 11.7. The summed E-state index contributed by atoms with van der Waals surface area (Å²) in [5.74, 6) is 0.792. The van der Waals surface area contributed by atoms with Crippen LogP contribution in [-0.2, 0) is 11.2 Å². The zero-order chi connectivity index (χ0) is 16.5. The van der Waals surface area contributed by atoms with E-state index in [1.54, 1.807) is 0 Å². The minimum absolute atomic E-state index is 0.00839. The molecule has 0 saturated carbocycles. The van der Waals surface area contributed by atoms with Crippen molar-refractivity contribution in [2.45, 2.75) is 38.7 Å². The minimum Gasteiger partial charge on any atom is -0.487 e. The zero-order valence-corrected chi connectivity index (χ0v) is 13.8. The lowest BCUT2D eigenvalue weighted by atomic mass is 9.86. The predicted octanol–water partition coefficient (Wildman–Crippen LogP) is 4.67. The lowest BCUT2D eigenvalue weighted by molar-refractivity contribution is -0.117. The van der Waals surface area contributed by atoms with Crippen LogP contribution in [0.15, 0.2) is 42.5 Å². The zero-order valence-electron chi connectivity index (χ0n) is 13.8. The number of ether oxygens (including phenoxy) is 1. The molecule has 0 radical (unpaired) electrons. The van der Waals surface area contributed by atoms with E-state index in [4.69, 9.17) is 4.74 Å². The van der Waals surface area contributed by atoms with Crippen LogP contribution in [0.3, 0.4) is 0 Å². The summed E-state index contributed by atoms with van der Waals surface area (Å²) in [6.45, 7) is 1.94. The molecule has 122 valence electrons. The first-order valence-electron chi connectivity index (χ1n) is 8.59. The van der Waals surface area contributed by atoms with Crippen LogP contribution >= 0.6 is 0 Å². The molecule has 0 spiro atoms. The van der Waals surface area contributed by atoms with Crippen LogP contribution in [0.5, 0.6) is 5.75 Å². The van der Waals surface area contributed by atoms with Gasteiger partial charge in [-0.25, -0.2) is 0 Å². The highest BCUT2D eigenvalue weighted by Crippen LogP contribution is 2.38. The molecule has 1 heterocycles. The first kappa shape index (κ1) is 15.0. The number of nitrogens with one attached hydrogen (secondary N) is 1. The topological polar surface area (TPSA) is 38.3 Å². The van der Waals surface area contributed by atoms with E-state index in [-0.39, 0.29) is 12.0 Å². The van der Waals surface area contributed by atoms with E-state index in [9.17, 15) is 4.79 Å². The highest BCUT2D eigenvalue weighted by atomic mass is 16.5. The summed E-state index contributed by atoms with van der Waals surface area (Å²) in [7, 11) is 0. The molecule has 24 heavy (non-hydrogen) atoms. The van der Waals surface area contributed by atoms with Crippen molar-refractivity contribution in [1.29, 1.82) is 0 Å². The summed E-state index contributed by atoms with van der Waals surface area (Å²) < 4.78 is 6.06. The van der Waals surface area contributed by atoms with Crippen molar-refractivity contribution in [2.24, 2.45) is 0 Å². The summed E-state index contributed by atoms with van der Waals surface area (Å²) in [5.41, 5.74) is 5.90.